The summed E-state index contributed by atoms with van der Waals surface area (Å²) in [5, 5.41) is 24.0. The fraction of sp³-hybridized carbons (Fsp3) is 0.100. The van der Waals surface area contributed by atoms with Crippen LogP contribution in [0.15, 0.2) is 28.4 Å². The van der Waals surface area contributed by atoms with E-state index >= 15 is 0 Å². The van der Waals surface area contributed by atoms with Crippen molar-refractivity contribution in [3.8, 4) is 5.75 Å². The van der Waals surface area contributed by atoms with Gasteiger partial charge in [0, 0.05) is 6.92 Å². The van der Waals surface area contributed by atoms with Crippen LogP contribution in [0, 0.1) is 0 Å². The Hall–Kier alpha value is -2.28. The van der Waals surface area contributed by atoms with E-state index in [9.17, 15) is 0 Å². The molecule has 0 aliphatic heterocycles. The molecule has 7 nitrogen and oxygen atoms in total. The van der Waals surface area contributed by atoms with Gasteiger partial charge in [-0.25, -0.2) is 0 Å². The van der Waals surface area contributed by atoms with Crippen molar-refractivity contribution in [3.05, 3.63) is 28.8 Å². The van der Waals surface area contributed by atoms with Gasteiger partial charge in [-0.1, -0.05) is 11.6 Å². The number of nitrogens with one attached hydrogen (secondary N) is 1. The van der Waals surface area contributed by atoms with E-state index in [0.29, 0.717) is 0 Å². The molecule has 1 aromatic rings. The van der Waals surface area contributed by atoms with Gasteiger partial charge in [0.1, 0.15) is 12.1 Å². The number of nitrogens with zero attached hydrogens (tertiary/aromatic N) is 2. The number of aromatic hydroxyl groups is 1. The zero-order chi connectivity index (χ0) is 14.0. The van der Waals surface area contributed by atoms with Gasteiger partial charge in [0.05, 0.1) is 11.2 Å². The fourth-order valence-corrected chi connectivity index (χ4v) is 0.963. The third-order valence-electron chi connectivity index (χ3n) is 1.38. The fourth-order valence-electron chi connectivity index (χ4n) is 0.774. The number of hydrogen-bond donors (Lipinski definition) is 4. The normalized spacial score (nSPS) is 10.1. The number of rotatable bonds is 3. The number of benzene rings is 1. The number of phenols is 1. The maximum Gasteiger partial charge on any atom is 0.300 e. The number of carbonyl (C=O) groups is 1. The van der Waals surface area contributed by atoms with Gasteiger partial charge in [-0.2, -0.15) is 10.6 Å². The number of hydrazone groups is 2. The molecular formula is C10H13ClN4O3. The summed E-state index contributed by atoms with van der Waals surface area (Å²) in [6.07, 6.45) is 2.58. The SMILES string of the molecule is CC(=O)O.N/C=N\N/N=C/c1ccc(O)c(Cl)c1. The van der Waals surface area contributed by atoms with Gasteiger partial charge in [-0.05, 0) is 23.8 Å². The first-order valence-electron chi connectivity index (χ1n) is 4.66. The number of nitrogens with two attached hydrogens (primary N) is 1. The lowest BCUT2D eigenvalue weighted by Gasteiger charge is -1.96. The molecular weight excluding hydrogens is 260 g/mol. The predicted octanol–water partition coefficient (Wildman–Crippen LogP) is 0.962. The number of carboxylic acid groups (broad SMARTS) is 1. The van der Waals surface area contributed by atoms with Gasteiger partial charge < -0.3 is 15.9 Å². The molecule has 0 fully saturated rings. The smallest absolute Gasteiger partial charge is 0.300 e. The summed E-state index contributed by atoms with van der Waals surface area (Å²) in [7, 11) is 0. The zero-order valence-corrected chi connectivity index (χ0v) is 10.3. The van der Waals surface area contributed by atoms with Crippen LogP contribution in [0.3, 0.4) is 0 Å². The van der Waals surface area contributed by atoms with Crippen LogP contribution in [-0.2, 0) is 4.79 Å². The quantitative estimate of drug-likeness (QED) is 0.371. The van der Waals surface area contributed by atoms with Gasteiger partial charge in [-0.15, -0.1) is 5.10 Å². The topological polar surface area (TPSA) is 120 Å². The maximum absolute atomic E-state index is 9.12. The van der Waals surface area contributed by atoms with Crippen molar-refractivity contribution in [1.29, 1.82) is 0 Å². The summed E-state index contributed by atoms with van der Waals surface area (Å²) >= 11 is 5.67. The van der Waals surface area contributed by atoms with Crippen molar-refractivity contribution in [2.24, 2.45) is 15.9 Å². The predicted molar refractivity (Wildman–Crippen MR) is 69.8 cm³/mol. The summed E-state index contributed by atoms with van der Waals surface area (Å²) in [6.45, 7) is 1.08. The second-order valence-electron chi connectivity index (χ2n) is 2.87. The van der Waals surface area contributed by atoms with Crippen molar-refractivity contribution in [2.45, 2.75) is 6.92 Å². The molecule has 0 aromatic heterocycles. The summed E-state index contributed by atoms with van der Waals surface area (Å²) in [6, 6.07) is 4.72. The lowest BCUT2D eigenvalue weighted by molar-refractivity contribution is -0.134. The average Bonchev–Trinajstić information content (AvgIpc) is 2.28. The van der Waals surface area contributed by atoms with Crippen LogP contribution in [-0.4, -0.2) is 28.7 Å². The van der Waals surface area contributed by atoms with Gasteiger partial charge in [0.25, 0.3) is 5.97 Å². The summed E-state index contributed by atoms with van der Waals surface area (Å²) in [5.41, 5.74) is 8.04. The average molecular weight is 273 g/mol. The molecule has 0 radical (unpaired) electrons. The van der Waals surface area contributed by atoms with E-state index in [2.05, 4.69) is 15.7 Å². The molecule has 0 aliphatic carbocycles. The minimum Gasteiger partial charge on any atom is -0.506 e. The first-order valence-corrected chi connectivity index (χ1v) is 5.04. The Morgan fingerprint density at radius 1 is 1.50 bits per heavy atom. The zero-order valence-electron chi connectivity index (χ0n) is 9.54. The highest BCUT2D eigenvalue weighted by Crippen LogP contribution is 2.22. The highest BCUT2D eigenvalue weighted by Gasteiger charge is 1.96. The lowest BCUT2D eigenvalue weighted by atomic mass is 10.2. The number of aliphatic carboxylic acids is 1. The van der Waals surface area contributed by atoms with Crippen LogP contribution >= 0.6 is 11.6 Å². The van der Waals surface area contributed by atoms with Crippen molar-refractivity contribution in [2.75, 3.05) is 0 Å². The Labute approximate surface area is 109 Å². The molecule has 0 spiro atoms. The van der Waals surface area contributed by atoms with E-state index < -0.39 is 5.97 Å². The maximum atomic E-state index is 9.12. The first-order chi connectivity index (χ1) is 8.47. The molecule has 1 aromatic carbocycles. The second-order valence-corrected chi connectivity index (χ2v) is 3.27. The van der Waals surface area contributed by atoms with Gasteiger partial charge >= 0.3 is 0 Å². The molecule has 0 bridgehead atoms. The van der Waals surface area contributed by atoms with E-state index in [-0.39, 0.29) is 10.8 Å². The minimum atomic E-state index is -0.833. The molecule has 18 heavy (non-hydrogen) atoms. The Bertz CT molecular complexity index is 445. The summed E-state index contributed by atoms with van der Waals surface area (Å²) < 4.78 is 0. The van der Waals surface area contributed by atoms with Gasteiger partial charge in [-0.3, -0.25) is 4.79 Å². The Kier molecular flexibility index (Phi) is 7.71. The molecule has 0 heterocycles. The monoisotopic (exact) mass is 272 g/mol. The number of hydrogen-bond acceptors (Lipinski definition) is 5. The highest BCUT2D eigenvalue weighted by molar-refractivity contribution is 6.32. The molecule has 8 heteroatoms. The van der Waals surface area contributed by atoms with Crippen LogP contribution < -0.4 is 11.3 Å². The third-order valence-corrected chi connectivity index (χ3v) is 1.68. The summed E-state index contributed by atoms with van der Waals surface area (Å²) in [5.74, 6) is -0.795. The molecule has 0 unspecified atom stereocenters. The Morgan fingerprint density at radius 2 is 2.11 bits per heavy atom. The van der Waals surface area contributed by atoms with Crippen LogP contribution in [0.2, 0.25) is 5.02 Å². The van der Waals surface area contributed by atoms with Crippen LogP contribution in [0.5, 0.6) is 5.75 Å². The number of carboxylic acids is 1. The Morgan fingerprint density at radius 3 is 2.61 bits per heavy atom. The first kappa shape index (κ1) is 15.7. The van der Waals surface area contributed by atoms with Gasteiger partial charge in [0.2, 0.25) is 0 Å². The molecule has 1 rings (SSSR count). The van der Waals surface area contributed by atoms with Crippen molar-refractivity contribution in [1.82, 2.24) is 5.53 Å². The van der Waals surface area contributed by atoms with E-state index in [4.69, 9.17) is 32.3 Å². The van der Waals surface area contributed by atoms with E-state index in [0.717, 1.165) is 18.8 Å². The molecule has 98 valence electrons. The molecule has 0 saturated heterocycles. The number of phenolic OH excluding ortho intramolecular Hbond substituents is 1. The largest absolute Gasteiger partial charge is 0.506 e. The molecule has 0 atom stereocenters. The van der Waals surface area contributed by atoms with E-state index in [1.54, 1.807) is 12.1 Å². The number of halogens is 1. The minimum absolute atomic E-state index is 0.0387. The summed E-state index contributed by atoms with van der Waals surface area (Å²) in [4.78, 5) is 9.00. The van der Waals surface area contributed by atoms with E-state index in [1.165, 1.54) is 12.3 Å². The van der Waals surface area contributed by atoms with Crippen molar-refractivity contribution < 1.29 is 15.0 Å². The van der Waals surface area contributed by atoms with Crippen molar-refractivity contribution >= 4 is 30.1 Å². The van der Waals surface area contributed by atoms with Crippen molar-refractivity contribution in [3.63, 3.8) is 0 Å². The standard InChI is InChI=1S/C8H9ClN4O.C2H4O2/c9-7-3-6(1-2-8(7)14)4-11-13-12-5-10;1-2(3)4/h1-5,13-14H,(H2,10,12);1H3,(H,3,4)/b11-4+;. The van der Waals surface area contributed by atoms with Crippen LogP contribution in [0.1, 0.15) is 12.5 Å². The lowest BCUT2D eigenvalue weighted by Crippen LogP contribution is -2.00. The van der Waals surface area contributed by atoms with Crippen LogP contribution in [0.4, 0.5) is 0 Å². The second kappa shape index (κ2) is 8.82. The molecule has 5 N–H and O–H groups in total. The van der Waals surface area contributed by atoms with Gasteiger partial charge in [0.15, 0.2) is 0 Å². The third kappa shape index (κ3) is 7.94. The van der Waals surface area contributed by atoms with Crippen LogP contribution in [0.25, 0.3) is 0 Å². The molecule has 0 amide bonds. The highest BCUT2D eigenvalue weighted by atomic mass is 35.5. The molecule has 0 aliphatic rings. The van der Waals surface area contributed by atoms with E-state index in [1.807, 2.05) is 0 Å². The molecule has 0 saturated carbocycles. The Balaban J connectivity index is 0.000000631.